The van der Waals surface area contributed by atoms with E-state index in [-0.39, 0.29) is 18.0 Å². The molecule has 0 heterocycles. The zero-order valence-electron chi connectivity index (χ0n) is 13.5. The van der Waals surface area contributed by atoms with Gasteiger partial charge < -0.3 is 16.0 Å². The van der Waals surface area contributed by atoms with Gasteiger partial charge in [-0.3, -0.25) is 9.79 Å². The van der Waals surface area contributed by atoms with Crippen LogP contribution in [0.3, 0.4) is 0 Å². The normalized spacial score (nSPS) is 24.1. The van der Waals surface area contributed by atoms with Crippen molar-refractivity contribution in [1.82, 2.24) is 16.0 Å². The first-order valence-corrected chi connectivity index (χ1v) is 7.58. The van der Waals surface area contributed by atoms with Crippen molar-refractivity contribution in [2.45, 2.75) is 65.0 Å². The van der Waals surface area contributed by atoms with Gasteiger partial charge in [-0.05, 0) is 52.4 Å². The van der Waals surface area contributed by atoms with Gasteiger partial charge in [0.05, 0.1) is 6.54 Å². The van der Waals surface area contributed by atoms with Crippen LogP contribution in [0.5, 0.6) is 0 Å². The Balaban J connectivity index is 2.31. The van der Waals surface area contributed by atoms with Crippen molar-refractivity contribution in [2.75, 3.05) is 13.6 Å². The maximum Gasteiger partial charge on any atom is 0.239 e. The number of carbonyl (C=O) groups excluding carboxylic acids is 1. The zero-order valence-corrected chi connectivity index (χ0v) is 13.5. The fourth-order valence-corrected chi connectivity index (χ4v) is 2.42. The van der Waals surface area contributed by atoms with E-state index in [1.807, 2.05) is 20.8 Å². The average Bonchev–Trinajstić information content (AvgIpc) is 2.34. The molecule has 0 radical (unpaired) electrons. The Kier molecular flexibility index (Phi) is 6.30. The van der Waals surface area contributed by atoms with E-state index in [9.17, 15) is 4.79 Å². The number of nitrogens with zero attached hydrogens (tertiary/aromatic N) is 1. The minimum absolute atomic E-state index is 0.0160. The number of amides is 1. The van der Waals surface area contributed by atoms with Crippen molar-refractivity contribution < 1.29 is 4.79 Å². The minimum Gasteiger partial charge on any atom is -0.354 e. The summed E-state index contributed by atoms with van der Waals surface area (Å²) in [6.45, 7) is 8.48. The molecule has 1 aliphatic carbocycles. The van der Waals surface area contributed by atoms with Crippen LogP contribution >= 0.6 is 0 Å². The molecule has 5 nitrogen and oxygen atoms in total. The van der Waals surface area contributed by atoms with Crippen molar-refractivity contribution in [3.05, 3.63) is 0 Å². The predicted molar refractivity (Wildman–Crippen MR) is 83.8 cm³/mol. The van der Waals surface area contributed by atoms with Gasteiger partial charge in [0.25, 0.3) is 0 Å². The summed E-state index contributed by atoms with van der Waals surface area (Å²) in [5.41, 5.74) is -0.199. The topological polar surface area (TPSA) is 65.5 Å². The number of hydrogen-bond acceptors (Lipinski definition) is 2. The molecule has 1 amide bonds. The molecule has 1 fully saturated rings. The highest BCUT2D eigenvalue weighted by atomic mass is 16.2. The van der Waals surface area contributed by atoms with Gasteiger partial charge in [0.15, 0.2) is 5.96 Å². The van der Waals surface area contributed by atoms with E-state index in [0.717, 1.165) is 5.92 Å². The monoisotopic (exact) mass is 282 g/mol. The van der Waals surface area contributed by atoms with Gasteiger partial charge in [-0.15, -0.1) is 0 Å². The second-order valence-corrected chi connectivity index (χ2v) is 6.83. The lowest BCUT2D eigenvalue weighted by molar-refractivity contribution is -0.121. The second-order valence-electron chi connectivity index (χ2n) is 6.83. The first kappa shape index (κ1) is 16.8. The smallest absolute Gasteiger partial charge is 0.239 e. The number of rotatable bonds is 3. The minimum atomic E-state index is -0.199. The molecule has 5 heteroatoms. The van der Waals surface area contributed by atoms with Crippen LogP contribution in [-0.4, -0.2) is 37.0 Å². The number of carbonyl (C=O) groups is 1. The third-order valence-electron chi connectivity index (χ3n) is 3.51. The maximum absolute atomic E-state index is 11.8. The Morgan fingerprint density at radius 3 is 2.30 bits per heavy atom. The van der Waals surface area contributed by atoms with E-state index in [4.69, 9.17) is 0 Å². The van der Waals surface area contributed by atoms with Gasteiger partial charge in [-0.2, -0.15) is 0 Å². The average molecular weight is 282 g/mol. The van der Waals surface area contributed by atoms with Crippen molar-refractivity contribution in [1.29, 1.82) is 0 Å². The molecular weight excluding hydrogens is 252 g/mol. The molecule has 3 N–H and O–H groups in total. The van der Waals surface area contributed by atoms with Crippen molar-refractivity contribution in [2.24, 2.45) is 10.9 Å². The lowest BCUT2D eigenvalue weighted by atomic mass is 9.87. The van der Waals surface area contributed by atoms with Gasteiger partial charge in [0, 0.05) is 18.6 Å². The highest BCUT2D eigenvalue weighted by Crippen LogP contribution is 2.23. The summed E-state index contributed by atoms with van der Waals surface area (Å²) in [5.74, 6) is 1.53. The number of hydrogen-bond donors (Lipinski definition) is 3. The fraction of sp³-hybridized carbons (Fsp3) is 0.867. The highest BCUT2D eigenvalue weighted by molar-refractivity contribution is 5.86. The Labute approximate surface area is 123 Å². The Morgan fingerprint density at radius 2 is 1.80 bits per heavy atom. The van der Waals surface area contributed by atoms with Crippen molar-refractivity contribution in [3.63, 3.8) is 0 Å². The molecule has 0 aromatic rings. The summed E-state index contributed by atoms with van der Waals surface area (Å²) < 4.78 is 0. The molecule has 0 saturated heterocycles. The summed E-state index contributed by atoms with van der Waals surface area (Å²) in [4.78, 5) is 15.9. The van der Waals surface area contributed by atoms with E-state index in [0.29, 0.717) is 12.0 Å². The van der Waals surface area contributed by atoms with E-state index in [1.165, 1.54) is 25.7 Å². The van der Waals surface area contributed by atoms with Gasteiger partial charge in [-0.1, -0.05) is 6.92 Å². The molecule has 1 rings (SSSR count). The Morgan fingerprint density at radius 1 is 1.20 bits per heavy atom. The molecule has 0 aromatic carbocycles. The van der Waals surface area contributed by atoms with Crippen LogP contribution in [0.2, 0.25) is 0 Å². The standard InChI is InChI=1S/C15H30N4O/c1-11-6-8-12(9-7-11)18-14(16-5)17-10-13(20)19-15(2,3)4/h11-12H,6-10H2,1-5H3,(H,19,20)(H2,16,17,18). The molecule has 1 aliphatic rings. The number of nitrogens with one attached hydrogen (secondary N) is 3. The zero-order chi connectivity index (χ0) is 15.2. The van der Waals surface area contributed by atoms with Gasteiger partial charge >= 0.3 is 0 Å². The predicted octanol–water partition coefficient (Wildman–Crippen LogP) is 1.64. The van der Waals surface area contributed by atoms with Gasteiger partial charge in [0.1, 0.15) is 0 Å². The maximum atomic E-state index is 11.8. The van der Waals surface area contributed by atoms with Crippen LogP contribution < -0.4 is 16.0 Å². The third-order valence-corrected chi connectivity index (χ3v) is 3.51. The summed E-state index contributed by atoms with van der Waals surface area (Å²) >= 11 is 0. The van der Waals surface area contributed by atoms with Crippen LogP contribution in [0.4, 0.5) is 0 Å². The SMILES string of the molecule is CN=C(NCC(=O)NC(C)(C)C)NC1CCC(C)CC1. The van der Waals surface area contributed by atoms with Gasteiger partial charge in [0.2, 0.25) is 5.91 Å². The molecule has 0 bridgehead atoms. The largest absolute Gasteiger partial charge is 0.354 e. The molecule has 20 heavy (non-hydrogen) atoms. The third kappa shape index (κ3) is 6.78. The van der Waals surface area contributed by atoms with E-state index < -0.39 is 0 Å². The van der Waals surface area contributed by atoms with Crippen LogP contribution in [0, 0.1) is 5.92 Å². The Bertz CT molecular complexity index is 338. The molecule has 0 aliphatic heterocycles. The molecule has 0 aromatic heterocycles. The van der Waals surface area contributed by atoms with Crippen molar-refractivity contribution in [3.8, 4) is 0 Å². The van der Waals surface area contributed by atoms with E-state index in [2.05, 4.69) is 27.9 Å². The first-order valence-electron chi connectivity index (χ1n) is 7.58. The second kappa shape index (κ2) is 7.50. The Hall–Kier alpha value is -1.26. The highest BCUT2D eigenvalue weighted by Gasteiger charge is 2.19. The lowest BCUT2D eigenvalue weighted by Gasteiger charge is -2.28. The molecule has 1 saturated carbocycles. The van der Waals surface area contributed by atoms with Crippen molar-refractivity contribution >= 4 is 11.9 Å². The summed E-state index contributed by atoms with van der Waals surface area (Å²) in [6.07, 6.45) is 4.88. The molecule has 0 atom stereocenters. The summed E-state index contributed by atoms with van der Waals surface area (Å²) in [7, 11) is 1.74. The quantitative estimate of drug-likeness (QED) is 0.545. The van der Waals surface area contributed by atoms with Crippen LogP contribution in [0.1, 0.15) is 53.4 Å². The van der Waals surface area contributed by atoms with Crippen LogP contribution in [0.25, 0.3) is 0 Å². The molecule has 0 unspecified atom stereocenters. The van der Waals surface area contributed by atoms with E-state index in [1.54, 1.807) is 7.05 Å². The summed E-state index contributed by atoms with van der Waals surface area (Å²) in [5, 5.41) is 9.40. The van der Waals surface area contributed by atoms with E-state index >= 15 is 0 Å². The fourth-order valence-electron chi connectivity index (χ4n) is 2.42. The van der Waals surface area contributed by atoms with Crippen LogP contribution in [-0.2, 0) is 4.79 Å². The first-order chi connectivity index (χ1) is 9.30. The molecule has 116 valence electrons. The lowest BCUT2D eigenvalue weighted by Crippen LogP contribution is -2.50. The summed E-state index contributed by atoms with van der Waals surface area (Å²) in [6, 6.07) is 0.475. The number of guanidine groups is 1. The molecular formula is C15H30N4O. The number of aliphatic imine (C=N–C) groups is 1. The van der Waals surface area contributed by atoms with Gasteiger partial charge in [-0.25, -0.2) is 0 Å². The van der Waals surface area contributed by atoms with Crippen LogP contribution in [0.15, 0.2) is 4.99 Å². The molecule has 0 spiro atoms.